The van der Waals surface area contributed by atoms with Gasteiger partial charge in [-0.2, -0.15) is 0 Å². The smallest absolute Gasteiger partial charge is 0.140 e. The normalized spacial score (nSPS) is 10.1. The van der Waals surface area contributed by atoms with Crippen LogP contribution in [0.15, 0.2) is 18.5 Å². The largest absolute Gasteiger partial charge is 0.391 e. The van der Waals surface area contributed by atoms with Crippen molar-refractivity contribution >= 4 is 17.4 Å². The third-order valence-electron chi connectivity index (χ3n) is 1.90. The Morgan fingerprint density at radius 2 is 2.27 bits per heavy atom. The van der Waals surface area contributed by atoms with Crippen molar-refractivity contribution in [2.24, 2.45) is 0 Å². The molecular formula is C10H14ClN3O. The Kier molecular flexibility index (Phi) is 4.05. The zero-order valence-electron chi connectivity index (χ0n) is 8.87. The monoisotopic (exact) mass is 227 g/mol. The third-order valence-corrected chi connectivity index (χ3v) is 2.22. The van der Waals surface area contributed by atoms with Crippen molar-refractivity contribution in [3.63, 3.8) is 0 Å². The first-order chi connectivity index (χ1) is 7.06. The molecule has 1 aromatic rings. The van der Waals surface area contributed by atoms with Gasteiger partial charge >= 0.3 is 0 Å². The van der Waals surface area contributed by atoms with Gasteiger partial charge in [0.25, 0.3) is 0 Å². The number of hydrogen-bond donors (Lipinski definition) is 1. The molecule has 82 valence electrons. The van der Waals surface area contributed by atoms with Gasteiger partial charge in [0.15, 0.2) is 0 Å². The molecule has 0 radical (unpaired) electrons. The fraction of sp³-hybridized carbons (Fsp3) is 0.400. The molecule has 1 N–H and O–H groups in total. The van der Waals surface area contributed by atoms with E-state index in [9.17, 15) is 0 Å². The highest BCUT2D eigenvalue weighted by molar-refractivity contribution is 6.30. The van der Waals surface area contributed by atoms with E-state index in [0.29, 0.717) is 17.9 Å². The summed E-state index contributed by atoms with van der Waals surface area (Å²) >= 11 is 5.85. The average molecular weight is 228 g/mol. The van der Waals surface area contributed by atoms with Crippen LogP contribution in [0, 0.1) is 0 Å². The van der Waals surface area contributed by atoms with Gasteiger partial charge in [-0.3, -0.25) is 0 Å². The van der Waals surface area contributed by atoms with E-state index in [1.807, 2.05) is 18.9 Å². The highest BCUT2D eigenvalue weighted by Crippen LogP contribution is 2.22. The number of likely N-dealkylation sites (N-methyl/N-ethyl adjacent to an activating group) is 1. The van der Waals surface area contributed by atoms with Gasteiger partial charge in [-0.1, -0.05) is 23.8 Å². The van der Waals surface area contributed by atoms with Crippen molar-refractivity contribution in [1.82, 2.24) is 9.97 Å². The molecule has 0 aromatic carbocycles. The average Bonchev–Trinajstić information content (AvgIpc) is 2.16. The number of halogens is 1. The number of rotatable bonds is 4. The van der Waals surface area contributed by atoms with Crippen molar-refractivity contribution in [2.45, 2.75) is 13.5 Å². The molecule has 0 unspecified atom stereocenters. The maximum atomic E-state index is 9.17. The second kappa shape index (κ2) is 5.09. The first kappa shape index (κ1) is 11.9. The van der Waals surface area contributed by atoms with Gasteiger partial charge in [0.1, 0.15) is 17.3 Å². The van der Waals surface area contributed by atoms with Crippen LogP contribution >= 0.6 is 11.6 Å². The van der Waals surface area contributed by atoms with Gasteiger partial charge in [-0.15, -0.1) is 0 Å². The molecule has 0 aliphatic rings. The fourth-order valence-corrected chi connectivity index (χ4v) is 1.51. The second-order valence-electron chi connectivity index (χ2n) is 3.44. The van der Waals surface area contributed by atoms with Crippen LogP contribution < -0.4 is 4.90 Å². The highest BCUT2D eigenvalue weighted by atomic mass is 35.5. The quantitative estimate of drug-likeness (QED) is 0.628. The minimum atomic E-state index is -0.171. The van der Waals surface area contributed by atoms with Gasteiger partial charge in [-0.25, -0.2) is 9.97 Å². The predicted octanol–water partition coefficient (Wildman–Crippen LogP) is 1.63. The summed E-state index contributed by atoms with van der Waals surface area (Å²) in [5, 5.41) is 9.46. The number of aromatic nitrogens is 2. The minimum Gasteiger partial charge on any atom is -0.391 e. The van der Waals surface area contributed by atoms with E-state index in [-0.39, 0.29) is 11.8 Å². The lowest BCUT2D eigenvalue weighted by molar-refractivity contribution is 0.281. The Labute approximate surface area is 94.2 Å². The van der Waals surface area contributed by atoms with E-state index in [2.05, 4.69) is 16.5 Å². The zero-order valence-corrected chi connectivity index (χ0v) is 9.62. The Morgan fingerprint density at radius 1 is 1.60 bits per heavy atom. The Bertz CT molecular complexity index is 368. The highest BCUT2D eigenvalue weighted by Gasteiger charge is 2.12. The molecule has 0 aliphatic carbocycles. The van der Waals surface area contributed by atoms with E-state index >= 15 is 0 Å². The number of aliphatic hydroxyl groups is 1. The van der Waals surface area contributed by atoms with Gasteiger partial charge in [0.2, 0.25) is 0 Å². The van der Waals surface area contributed by atoms with E-state index < -0.39 is 0 Å². The molecule has 4 nitrogen and oxygen atoms in total. The van der Waals surface area contributed by atoms with Crippen molar-refractivity contribution in [2.75, 3.05) is 18.5 Å². The van der Waals surface area contributed by atoms with Gasteiger partial charge in [-0.05, 0) is 6.92 Å². The fourth-order valence-electron chi connectivity index (χ4n) is 1.33. The predicted molar refractivity (Wildman–Crippen MR) is 61.0 cm³/mol. The van der Waals surface area contributed by atoms with E-state index in [1.54, 1.807) is 0 Å². The van der Waals surface area contributed by atoms with E-state index in [0.717, 1.165) is 5.57 Å². The lowest BCUT2D eigenvalue weighted by atomic mass is 10.2. The molecule has 0 aliphatic heterocycles. The van der Waals surface area contributed by atoms with Crippen LogP contribution in [-0.4, -0.2) is 28.7 Å². The van der Waals surface area contributed by atoms with Gasteiger partial charge in [0, 0.05) is 13.6 Å². The SMILES string of the molecule is C=C(C)CN(C)c1ncnc(Cl)c1CO. The minimum absolute atomic E-state index is 0.171. The third kappa shape index (κ3) is 2.91. The van der Waals surface area contributed by atoms with Gasteiger partial charge in [0.05, 0.1) is 12.2 Å². The summed E-state index contributed by atoms with van der Waals surface area (Å²) in [6.07, 6.45) is 1.38. The number of anilines is 1. The van der Waals surface area contributed by atoms with Crippen LogP contribution in [-0.2, 0) is 6.61 Å². The summed E-state index contributed by atoms with van der Waals surface area (Å²) in [5.41, 5.74) is 1.55. The van der Waals surface area contributed by atoms with Crippen molar-refractivity contribution in [1.29, 1.82) is 0 Å². The maximum Gasteiger partial charge on any atom is 0.140 e. The molecule has 0 spiro atoms. The first-order valence-electron chi connectivity index (χ1n) is 4.52. The number of nitrogens with zero attached hydrogens (tertiary/aromatic N) is 3. The molecule has 1 rings (SSSR count). The van der Waals surface area contributed by atoms with Crippen LogP contribution in [0.4, 0.5) is 5.82 Å². The maximum absolute atomic E-state index is 9.17. The summed E-state index contributed by atoms with van der Waals surface area (Å²) in [7, 11) is 1.87. The molecule has 5 heteroatoms. The standard InChI is InChI=1S/C10H14ClN3O/c1-7(2)4-14(3)10-8(5-15)9(11)12-6-13-10/h6,15H,1,4-5H2,2-3H3. The van der Waals surface area contributed by atoms with Crippen molar-refractivity contribution in [3.05, 3.63) is 29.2 Å². The summed E-state index contributed by atoms with van der Waals surface area (Å²) in [5.74, 6) is 0.639. The van der Waals surface area contributed by atoms with E-state index in [1.165, 1.54) is 6.33 Å². The summed E-state index contributed by atoms with van der Waals surface area (Å²) in [6.45, 7) is 6.24. The summed E-state index contributed by atoms with van der Waals surface area (Å²) in [6, 6.07) is 0. The van der Waals surface area contributed by atoms with E-state index in [4.69, 9.17) is 16.7 Å². The Morgan fingerprint density at radius 3 is 2.80 bits per heavy atom. The second-order valence-corrected chi connectivity index (χ2v) is 3.80. The first-order valence-corrected chi connectivity index (χ1v) is 4.89. The van der Waals surface area contributed by atoms with Gasteiger partial charge < -0.3 is 10.0 Å². The molecule has 0 atom stereocenters. The Hall–Kier alpha value is -1.13. The Balaban J connectivity index is 3.02. The van der Waals surface area contributed by atoms with Crippen LogP contribution in [0.5, 0.6) is 0 Å². The molecule has 0 saturated carbocycles. The van der Waals surface area contributed by atoms with Crippen LogP contribution in [0.25, 0.3) is 0 Å². The molecule has 15 heavy (non-hydrogen) atoms. The molecular weight excluding hydrogens is 214 g/mol. The van der Waals surface area contributed by atoms with Crippen LogP contribution in [0.3, 0.4) is 0 Å². The van der Waals surface area contributed by atoms with Crippen LogP contribution in [0.1, 0.15) is 12.5 Å². The number of aliphatic hydroxyl groups excluding tert-OH is 1. The topological polar surface area (TPSA) is 49.2 Å². The molecule has 1 aromatic heterocycles. The summed E-state index contributed by atoms with van der Waals surface area (Å²) < 4.78 is 0. The molecule has 0 bridgehead atoms. The van der Waals surface area contributed by atoms with Crippen molar-refractivity contribution < 1.29 is 5.11 Å². The molecule has 0 amide bonds. The van der Waals surface area contributed by atoms with Crippen molar-refractivity contribution in [3.8, 4) is 0 Å². The molecule has 1 heterocycles. The summed E-state index contributed by atoms with van der Waals surface area (Å²) in [4.78, 5) is 9.79. The lowest BCUT2D eigenvalue weighted by Gasteiger charge is -2.20. The molecule has 0 saturated heterocycles. The lowest BCUT2D eigenvalue weighted by Crippen LogP contribution is -2.22. The molecule has 0 fully saturated rings. The van der Waals surface area contributed by atoms with Crippen LogP contribution in [0.2, 0.25) is 5.15 Å². The number of hydrogen-bond acceptors (Lipinski definition) is 4. The zero-order chi connectivity index (χ0) is 11.4.